The molecule has 132 valence electrons. The zero-order chi connectivity index (χ0) is 18.0. The number of carbonyl (C=O) groups is 1. The molecule has 2 aromatic rings. The number of nitrogens with zero attached hydrogens (tertiary/aromatic N) is 1. The van der Waals surface area contributed by atoms with E-state index in [1.54, 1.807) is 36.3 Å². The molecule has 1 aliphatic rings. The molecule has 0 saturated heterocycles. The highest BCUT2D eigenvalue weighted by Crippen LogP contribution is 2.35. The van der Waals surface area contributed by atoms with Crippen LogP contribution in [0.2, 0.25) is 5.02 Å². The molecule has 5 nitrogen and oxygen atoms in total. The summed E-state index contributed by atoms with van der Waals surface area (Å²) in [6.45, 7) is 0.549. The number of nitrogens with two attached hydrogens (primary N) is 1. The first-order chi connectivity index (χ1) is 12.0. The zero-order valence-corrected chi connectivity index (χ0v) is 14.8. The number of hydrogen-bond donors (Lipinski definition) is 2. The summed E-state index contributed by atoms with van der Waals surface area (Å²) in [5, 5.41) is 10.7. The van der Waals surface area contributed by atoms with Gasteiger partial charge in [0.25, 0.3) is 0 Å². The first kappa shape index (κ1) is 17.6. The number of ether oxygens (including phenoxy) is 1. The second kappa shape index (κ2) is 7.33. The van der Waals surface area contributed by atoms with Crippen LogP contribution in [0.15, 0.2) is 36.4 Å². The fourth-order valence-electron chi connectivity index (χ4n) is 3.20. The molecule has 1 heterocycles. The largest absolute Gasteiger partial charge is 0.506 e. The van der Waals surface area contributed by atoms with Gasteiger partial charge in [0.2, 0.25) is 5.91 Å². The first-order valence-corrected chi connectivity index (χ1v) is 8.59. The van der Waals surface area contributed by atoms with Gasteiger partial charge in [-0.15, -0.1) is 0 Å². The second-order valence-corrected chi connectivity index (χ2v) is 6.55. The fraction of sp³-hybridized carbons (Fsp3) is 0.316. The van der Waals surface area contributed by atoms with E-state index in [0.717, 1.165) is 24.0 Å². The number of fused-ring (bicyclic) bond motifs is 1. The maximum atomic E-state index is 12.9. The van der Waals surface area contributed by atoms with Crippen LogP contribution in [0.1, 0.15) is 17.5 Å². The van der Waals surface area contributed by atoms with Crippen molar-refractivity contribution in [2.45, 2.75) is 25.3 Å². The Bertz CT molecular complexity index is 794. The summed E-state index contributed by atoms with van der Waals surface area (Å²) < 4.78 is 5.13. The summed E-state index contributed by atoms with van der Waals surface area (Å²) in [6.07, 6.45) is 2.01. The Morgan fingerprint density at radius 3 is 2.92 bits per heavy atom. The van der Waals surface area contributed by atoms with E-state index < -0.39 is 6.04 Å². The van der Waals surface area contributed by atoms with E-state index in [4.69, 9.17) is 22.1 Å². The number of phenolic OH excluding ortho intramolecular Hbond substituents is 1. The van der Waals surface area contributed by atoms with E-state index in [1.165, 1.54) is 0 Å². The molecule has 25 heavy (non-hydrogen) atoms. The van der Waals surface area contributed by atoms with Crippen molar-refractivity contribution in [1.82, 2.24) is 0 Å². The Labute approximate surface area is 152 Å². The summed E-state index contributed by atoms with van der Waals surface area (Å²) in [6, 6.07) is 9.89. The average Bonchev–Trinajstić information content (AvgIpc) is 2.62. The number of phenols is 1. The van der Waals surface area contributed by atoms with Gasteiger partial charge in [-0.25, -0.2) is 0 Å². The van der Waals surface area contributed by atoms with Crippen LogP contribution in [0, 0.1) is 0 Å². The van der Waals surface area contributed by atoms with Crippen molar-refractivity contribution in [3.63, 3.8) is 0 Å². The third-order valence-electron chi connectivity index (χ3n) is 4.48. The van der Waals surface area contributed by atoms with Gasteiger partial charge in [-0.05, 0) is 48.6 Å². The summed E-state index contributed by atoms with van der Waals surface area (Å²) in [4.78, 5) is 14.5. The van der Waals surface area contributed by atoms with Gasteiger partial charge in [0, 0.05) is 11.6 Å². The molecule has 1 atom stereocenters. The van der Waals surface area contributed by atoms with Crippen molar-refractivity contribution in [3.8, 4) is 11.5 Å². The first-order valence-electron chi connectivity index (χ1n) is 8.21. The minimum absolute atomic E-state index is 0.111. The number of halogens is 1. The lowest BCUT2D eigenvalue weighted by molar-refractivity contribution is -0.119. The van der Waals surface area contributed by atoms with E-state index in [9.17, 15) is 9.90 Å². The van der Waals surface area contributed by atoms with Gasteiger partial charge in [-0.2, -0.15) is 0 Å². The normalized spacial score (nSPS) is 14.8. The van der Waals surface area contributed by atoms with E-state index in [-0.39, 0.29) is 11.7 Å². The number of carbonyl (C=O) groups excluding carboxylic acids is 1. The summed E-state index contributed by atoms with van der Waals surface area (Å²) in [7, 11) is 1.57. The van der Waals surface area contributed by atoms with E-state index in [0.29, 0.717) is 29.4 Å². The van der Waals surface area contributed by atoms with Gasteiger partial charge >= 0.3 is 0 Å². The number of aryl methyl sites for hydroxylation is 1. The number of para-hydroxylation sites is 1. The van der Waals surface area contributed by atoms with Crippen LogP contribution < -0.4 is 15.4 Å². The topological polar surface area (TPSA) is 75.8 Å². The van der Waals surface area contributed by atoms with Crippen molar-refractivity contribution in [1.29, 1.82) is 0 Å². The number of amides is 1. The molecular weight excluding hydrogens is 340 g/mol. The number of methoxy groups -OCH3 is 1. The molecule has 0 saturated carbocycles. The Kier molecular flexibility index (Phi) is 5.16. The molecule has 6 heteroatoms. The third kappa shape index (κ3) is 3.57. The molecular formula is C19H21ClN2O3. The predicted molar refractivity (Wildman–Crippen MR) is 98.5 cm³/mol. The second-order valence-electron chi connectivity index (χ2n) is 6.15. The minimum Gasteiger partial charge on any atom is -0.506 e. The lowest BCUT2D eigenvalue weighted by Crippen LogP contribution is -2.47. The van der Waals surface area contributed by atoms with Crippen LogP contribution >= 0.6 is 11.6 Å². The Morgan fingerprint density at radius 1 is 1.40 bits per heavy atom. The third-order valence-corrected chi connectivity index (χ3v) is 4.83. The standard InChI is InChI=1S/C19H21ClN2O3/c1-25-14-8-7-13(15(20)11-14)10-16(21)19(24)22-9-3-5-12-4-2-6-17(23)18(12)22/h2,4,6-8,11,16,23H,3,5,9-10,21H2,1H3/t16-/m0/s1. The molecule has 0 aromatic heterocycles. The average molecular weight is 361 g/mol. The van der Waals surface area contributed by atoms with Crippen LogP contribution in [0.3, 0.4) is 0 Å². The molecule has 0 spiro atoms. The Morgan fingerprint density at radius 2 is 2.20 bits per heavy atom. The lowest BCUT2D eigenvalue weighted by atomic mass is 9.98. The minimum atomic E-state index is -0.739. The SMILES string of the molecule is COc1ccc(C[C@H](N)C(=O)N2CCCc3cccc(O)c32)c(Cl)c1. The molecule has 0 unspecified atom stereocenters. The van der Waals surface area contributed by atoms with Crippen LogP contribution in [0.4, 0.5) is 5.69 Å². The highest BCUT2D eigenvalue weighted by Gasteiger charge is 2.29. The van der Waals surface area contributed by atoms with Crippen LogP contribution in [0.25, 0.3) is 0 Å². The number of aromatic hydroxyl groups is 1. The quantitative estimate of drug-likeness (QED) is 0.879. The lowest BCUT2D eigenvalue weighted by Gasteiger charge is -2.32. The fourth-order valence-corrected chi connectivity index (χ4v) is 3.44. The maximum absolute atomic E-state index is 12.9. The molecule has 0 radical (unpaired) electrons. The highest BCUT2D eigenvalue weighted by molar-refractivity contribution is 6.31. The molecule has 0 bridgehead atoms. The zero-order valence-electron chi connectivity index (χ0n) is 14.0. The molecule has 0 fully saturated rings. The van der Waals surface area contributed by atoms with Crippen LogP contribution in [0.5, 0.6) is 11.5 Å². The van der Waals surface area contributed by atoms with Gasteiger partial charge in [-0.1, -0.05) is 29.8 Å². The summed E-state index contributed by atoms with van der Waals surface area (Å²) >= 11 is 6.25. The smallest absolute Gasteiger partial charge is 0.244 e. The Balaban J connectivity index is 1.80. The van der Waals surface area contributed by atoms with Crippen LogP contribution in [-0.2, 0) is 17.6 Å². The van der Waals surface area contributed by atoms with Gasteiger partial charge in [0.05, 0.1) is 18.8 Å². The number of anilines is 1. The molecule has 1 amide bonds. The monoisotopic (exact) mass is 360 g/mol. The molecule has 3 N–H and O–H groups in total. The molecule has 1 aliphatic heterocycles. The van der Waals surface area contributed by atoms with Crippen molar-refractivity contribution >= 4 is 23.2 Å². The maximum Gasteiger partial charge on any atom is 0.244 e. The van der Waals surface area contributed by atoms with Gasteiger partial charge < -0.3 is 20.5 Å². The summed E-state index contributed by atoms with van der Waals surface area (Å²) in [5.74, 6) is 0.554. The predicted octanol–water partition coefficient (Wildman–Crippen LogP) is 2.90. The van der Waals surface area contributed by atoms with E-state index in [2.05, 4.69) is 0 Å². The Hall–Kier alpha value is -2.24. The van der Waals surface area contributed by atoms with Gasteiger partial charge in [0.1, 0.15) is 11.5 Å². The molecule has 2 aromatic carbocycles. The van der Waals surface area contributed by atoms with Gasteiger partial charge in [-0.3, -0.25) is 4.79 Å². The number of hydrogen-bond acceptors (Lipinski definition) is 4. The van der Waals surface area contributed by atoms with Crippen molar-refractivity contribution in [2.75, 3.05) is 18.6 Å². The number of benzene rings is 2. The van der Waals surface area contributed by atoms with Crippen molar-refractivity contribution < 1.29 is 14.6 Å². The van der Waals surface area contributed by atoms with E-state index in [1.807, 2.05) is 12.1 Å². The summed E-state index contributed by atoms with van der Waals surface area (Å²) in [5.41, 5.74) is 8.50. The van der Waals surface area contributed by atoms with Crippen LogP contribution in [-0.4, -0.2) is 30.7 Å². The molecule has 0 aliphatic carbocycles. The number of rotatable bonds is 4. The van der Waals surface area contributed by atoms with Crippen molar-refractivity contribution in [2.24, 2.45) is 5.73 Å². The van der Waals surface area contributed by atoms with Crippen molar-refractivity contribution in [3.05, 3.63) is 52.5 Å². The van der Waals surface area contributed by atoms with Gasteiger partial charge in [0.15, 0.2) is 0 Å². The molecule has 3 rings (SSSR count). The van der Waals surface area contributed by atoms with E-state index >= 15 is 0 Å². The highest BCUT2D eigenvalue weighted by atomic mass is 35.5.